The first kappa shape index (κ1) is 10.0. The predicted octanol–water partition coefficient (Wildman–Crippen LogP) is 3.37. The average molecular weight is 217 g/mol. The van der Waals surface area contributed by atoms with Crippen LogP contribution in [0.25, 0.3) is 0 Å². The van der Waals surface area contributed by atoms with Crippen molar-refractivity contribution in [3.8, 4) is 5.75 Å². The summed E-state index contributed by atoms with van der Waals surface area (Å²) >= 11 is 0. The third-order valence-corrected chi connectivity index (χ3v) is 3.63. The fourth-order valence-electron chi connectivity index (χ4n) is 2.76. The molecule has 0 atom stereocenters. The summed E-state index contributed by atoms with van der Waals surface area (Å²) in [6.45, 7) is 0.877. The average Bonchev–Trinajstić information content (AvgIpc) is 2.82. The summed E-state index contributed by atoms with van der Waals surface area (Å²) in [6.07, 6.45) is 7.73. The third kappa shape index (κ3) is 2.01. The number of nitrogens with one attached hydrogen (secondary N) is 1. The quantitative estimate of drug-likeness (QED) is 0.820. The van der Waals surface area contributed by atoms with E-state index in [9.17, 15) is 0 Å². The van der Waals surface area contributed by atoms with Crippen molar-refractivity contribution in [3.63, 3.8) is 0 Å². The van der Waals surface area contributed by atoms with Crippen LogP contribution in [0.1, 0.15) is 37.7 Å². The lowest BCUT2D eigenvalue weighted by atomic mass is 10.1. The van der Waals surface area contributed by atoms with Gasteiger partial charge in [0, 0.05) is 11.7 Å². The van der Waals surface area contributed by atoms with Gasteiger partial charge in [0.25, 0.3) is 0 Å². The van der Waals surface area contributed by atoms with Crippen LogP contribution < -0.4 is 10.1 Å². The SMILES string of the molecule is c1cc2c(cc1NC1CCCC1)CCCO2. The summed E-state index contributed by atoms with van der Waals surface area (Å²) in [7, 11) is 0. The fraction of sp³-hybridized carbons (Fsp3) is 0.571. The molecule has 16 heavy (non-hydrogen) atoms. The van der Waals surface area contributed by atoms with Crippen LogP contribution in [0.15, 0.2) is 18.2 Å². The van der Waals surface area contributed by atoms with Gasteiger partial charge in [0.15, 0.2) is 0 Å². The number of rotatable bonds is 2. The van der Waals surface area contributed by atoms with E-state index in [1.807, 2.05) is 0 Å². The number of benzene rings is 1. The number of anilines is 1. The van der Waals surface area contributed by atoms with Crippen molar-refractivity contribution < 1.29 is 4.74 Å². The van der Waals surface area contributed by atoms with Crippen LogP contribution in [0.5, 0.6) is 5.75 Å². The molecule has 1 fully saturated rings. The molecule has 0 radical (unpaired) electrons. The molecule has 3 rings (SSSR count). The number of hydrogen-bond acceptors (Lipinski definition) is 2. The van der Waals surface area contributed by atoms with Crippen LogP contribution in [0.4, 0.5) is 5.69 Å². The van der Waals surface area contributed by atoms with Crippen LogP contribution in [0.3, 0.4) is 0 Å². The fourth-order valence-corrected chi connectivity index (χ4v) is 2.76. The minimum atomic E-state index is 0.697. The van der Waals surface area contributed by atoms with Crippen LogP contribution in [-0.4, -0.2) is 12.6 Å². The number of hydrogen-bond donors (Lipinski definition) is 1. The van der Waals surface area contributed by atoms with E-state index in [1.54, 1.807) is 0 Å². The minimum Gasteiger partial charge on any atom is -0.493 e. The predicted molar refractivity (Wildman–Crippen MR) is 66.1 cm³/mol. The van der Waals surface area contributed by atoms with E-state index < -0.39 is 0 Å². The van der Waals surface area contributed by atoms with Gasteiger partial charge in [-0.2, -0.15) is 0 Å². The first-order valence-electron chi connectivity index (χ1n) is 6.44. The molecule has 0 unspecified atom stereocenters. The van der Waals surface area contributed by atoms with Crippen molar-refractivity contribution in [1.82, 2.24) is 0 Å². The maximum Gasteiger partial charge on any atom is 0.122 e. The first-order valence-corrected chi connectivity index (χ1v) is 6.44. The van der Waals surface area contributed by atoms with E-state index >= 15 is 0 Å². The second-order valence-corrected chi connectivity index (χ2v) is 4.90. The Bertz CT molecular complexity index is 369. The molecular weight excluding hydrogens is 198 g/mol. The topological polar surface area (TPSA) is 21.3 Å². The Morgan fingerprint density at radius 3 is 2.88 bits per heavy atom. The van der Waals surface area contributed by atoms with Gasteiger partial charge >= 0.3 is 0 Å². The molecule has 86 valence electrons. The molecule has 1 aromatic rings. The highest BCUT2D eigenvalue weighted by Gasteiger charge is 2.16. The Morgan fingerprint density at radius 2 is 2.00 bits per heavy atom. The maximum atomic E-state index is 5.62. The molecule has 0 saturated heterocycles. The van der Waals surface area contributed by atoms with Gasteiger partial charge in [-0.15, -0.1) is 0 Å². The van der Waals surface area contributed by atoms with Gasteiger partial charge in [-0.25, -0.2) is 0 Å². The summed E-state index contributed by atoms with van der Waals surface area (Å²) in [5.41, 5.74) is 2.64. The Balaban J connectivity index is 1.74. The van der Waals surface area contributed by atoms with E-state index in [4.69, 9.17) is 4.74 Å². The summed E-state index contributed by atoms with van der Waals surface area (Å²) in [5.74, 6) is 1.09. The van der Waals surface area contributed by atoms with Crippen molar-refractivity contribution in [2.45, 2.75) is 44.6 Å². The lowest BCUT2D eigenvalue weighted by Crippen LogP contribution is -2.15. The summed E-state index contributed by atoms with van der Waals surface area (Å²) < 4.78 is 5.62. The zero-order chi connectivity index (χ0) is 10.8. The monoisotopic (exact) mass is 217 g/mol. The summed E-state index contributed by atoms with van der Waals surface area (Å²) in [5, 5.41) is 3.64. The van der Waals surface area contributed by atoms with Crippen molar-refractivity contribution in [1.29, 1.82) is 0 Å². The minimum absolute atomic E-state index is 0.697. The Morgan fingerprint density at radius 1 is 1.12 bits per heavy atom. The van der Waals surface area contributed by atoms with Gasteiger partial charge in [0.1, 0.15) is 5.75 Å². The number of aryl methyl sites for hydroxylation is 1. The molecule has 1 saturated carbocycles. The van der Waals surface area contributed by atoms with Crippen molar-refractivity contribution in [2.75, 3.05) is 11.9 Å². The Labute approximate surface area is 97.0 Å². The highest BCUT2D eigenvalue weighted by Crippen LogP contribution is 2.29. The number of ether oxygens (including phenoxy) is 1. The smallest absolute Gasteiger partial charge is 0.122 e. The van der Waals surface area contributed by atoms with Crippen molar-refractivity contribution >= 4 is 5.69 Å². The van der Waals surface area contributed by atoms with Gasteiger partial charge < -0.3 is 10.1 Å². The van der Waals surface area contributed by atoms with E-state index in [-0.39, 0.29) is 0 Å². The molecule has 2 nitrogen and oxygen atoms in total. The van der Waals surface area contributed by atoms with Crippen LogP contribution in [0.2, 0.25) is 0 Å². The molecule has 1 aliphatic heterocycles. The van der Waals surface area contributed by atoms with Crippen LogP contribution in [0, 0.1) is 0 Å². The van der Waals surface area contributed by atoms with E-state index in [0.29, 0.717) is 6.04 Å². The van der Waals surface area contributed by atoms with Gasteiger partial charge in [0.05, 0.1) is 6.61 Å². The lowest BCUT2D eigenvalue weighted by molar-refractivity contribution is 0.288. The Hall–Kier alpha value is -1.18. The lowest BCUT2D eigenvalue weighted by Gasteiger charge is -2.20. The first-order chi connectivity index (χ1) is 7.92. The third-order valence-electron chi connectivity index (χ3n) is 3.63. The molecular formula is C14H19NO. The Kier molecular flexibility index (Phi) is 2.73. The summed E-state index contributed by atoms with van der Waals surface area (Å²) in [6, 6.07) is 7.24. The zero-order valence-electron chi connectivity index (χ0n) is 9.67. The zero-order valence-corrected chi connectivity index (χ0v) is 9.67. The standard InChI is InChI=1S/C14H19NO/c1-2-6-12(5-1)15-13-7-8-14-11(10-13)4-3-9-16-14/h7-8,10,12,15H,1-6,9H2. The molecule has 1 N–H and O–H groups in total. The molecule has 2 aliphatic rings. The van der Waals surface area contributed by atoms with Gasteiger partial charge in [-0.1, -0.05) is 12.8 Å². The van der Waals surface area contributed by atoms with E-state index in [1.165, 1.54) is 36.9 Å². The number of fused-ring (bicyclic) bond motifs is 1. The van der Waals surface area contributed by atoms with E-state index in [2.05, 4.69) is 23.5 Å². The maximum absolute atomic E-state index is 5.62. The van der Waals surface area contributed by atoms with Crippen molar-refractivity contribution in [2.24, 2.45) is 0 Å². The highest BCUT2D eigenvalue weighted by atomic mass is 16.5. The van der Waals surface area contributed by atoms with E-state index in [0.717, 1.165) is 25.2 Å². The second kappa shape index (κ2) is 4.36. The van der Waals surface area contributed by atoms with Crippen LogP contribution in [-0.2, 0) is 6.42 Å². The molecule has 1 aromatic carbocycles. The molecule has 2 heteroatoms. The summed E-state index contributed by atoms with van der Waals surface area (Å²) in [4.78, 5) is 0. The molecule has 1 aliphatic carbocycles. The molecule has 0 amide bonds. The van der Waals surface area contributed by atoms with Gasteiger partial charge in [0.2, 0.25) is 0 Å². The normalized spacial score (nSPS) is 20.2. The molecule has 0 spiro atoms. The van der Waals surface area contributed by atoms with Crippen molar-refractivity contribution in [3.05, 3.63) is 23.8 Å². The van der Waals surface area contributed by atoms with Crippen LogP contribution >= 0.6 is 0 Å². The largest absolute Gasteiger partial charge is 0.493 e. The second-order valence-electron chi connectivity index (χ2n) is 4.90. The molecule has 0 aromatic heterocycles. The van der Waals surface area contributed by atoms with Gasteiger partial charge in [-0.05, 0) is 49.4 Å². The molecule has 0 bridgehead atoms. The molecule has 1 heterocycles. The van der Waals surface area contributed by atoms with Gasteiger partial charge in [-0.3, -0.25) is 0 Å². The highest BCUT2D eigenvalue weighted by molar-refractivity contribution is 5.52.